The van der Waals surface area contributed by atoms with Gasteiger partial charge in [-0.2, -0.15) is 0 Å². The Kier molecular flexibility index (Phi) is 4.75. The highest BCUT2D eigenvalue weighted by Gasteiger charge is 2.26. The van der Waals surface area contributed by atoms with Gasteiger partial charge in [0.1, 0.15) is 5.82 Å². The Morgan fingerprint density at radius 3 is 2.67 bits per heavy atom. The van der Waals surface area contributed by atoms with Crippen molar-refractivity contribution in [2.75, 3.05) is 24.5 Å². The van der Waals surface area contributed by atoms with E-state index in [1.54, 1.807) is 29.3 Å². The maximum atomic E-state index is 13.0. The van der Waals surface area contributed by atoms with E-state index >= 15 is 0 Å². The van der Waals surface area contributed by atoms with Crippen LogP contribution in [0.5, 0.6) is 0 Å². The summed E-state index contributed by atoms with van der Waals surface area (Å²) in [5.74, 6) is 0.660. The lowest BCUT2D eigenvalue weighted by molar-refractivity contribution is 0.0791. The molecule has 0 aliphatic carbocycles. The summed E-state index contributed by atoms with van der Waals surface area (Å²) in [5, 5.41) is 0. The number of rotatable bonds is 6. The summed E-state index contributed by atoms with van der Waals surface area (Å²) in [6.07, 6.45) is 6.15. The Hall–Kier alpha value is -2.88. The van der Waals surface area contributed by atoms with Crippen LogP contribution >= 0.6 is 0 Å². The van der Waals surface area contributed by atoms with E-state index < -0.39 is 0 Å². The second-order valence-corrected chi connectivity index (χ2v) is 5.69. The summed E-state index contributed by atoms with van der Waals surface area (Å²) < 4.78 is 0. The van der Waals surface area contributed by atoms with E-state index in [-0.39, 0.29) is 5.91 Å². The topological polar surface area (TPSA) is 36.4 Å². The second-order valence-electron chi connectivity index (χ2n) is 5.69. The number of carbonyl (C=O) groups is 1. The molecule has 0 fully saturated rings. The first kappa shape index (κ1) is 16.0. The fourth-order valence-electron chi connectivity index (χ4n) is 3.06. The average molecular weight is 319 g/mol. The van der Waals surface area contributed by atoms with Crippen LogP contribution in [0.25, 0.3) is 0 Å². The average Bonchev–Trinajstić information content (AvgIpc) is 3.05. The van der Waals surface area contributed by atoms with E-state index in [2.05, 4.69) is 35.2 Å². The van der Waals surface area contributed by atoms with Crippen LogP contribution in [0.1, 0.15) is 15.9 Å². The summed E-state index contributed by atoms with van der Waals surface area (Å²) in [6, 6.07) is 11.9. The molecule has 122 valence electrons. The van der Waals surface area contributed by atoms with Gasteiger partial charge in [0.05, 0.1) is 5.56 Å². The third-order valence-corrected chi connectivity index (χ3v) is 4.15. The van der Waals surface area contributed by atoms with Crippen LogP contribution in [0.4, 0.5) is 11.5 Å². The Morgan fingerprint density at radius 1 is 1.17 bits per heavy atom. The quantitative estimate of drug-likeness (QED) is 0.764. The maximum Gasteiger partial charge on any atom is 0.258 e. The largest absolute Gasteiger partial charge is 0.331 e. The molecule has 0 saturated heterocycles. The van der Waals surface area contributed by atoms with E-state index in [1.165, 1.54) is 5.56 Å². The van der Waals surface area contributed by atoms with Crippen molar-refractivity contribution < 1.29 is 4.79 Å². The zero-order chi connectivity index (χ0) is 16.9. The highest BCUT2D eigenvalue weighted by Crippen LogP contribution is 2.35. The summed E-state index contributed by atoms with van der Waals surface area (Å²) in [7, 11) is 0. The molecule has 1 aromatic carbocycles. The minimum absolute atomic E-state index is 0.0534. The molecule has 0 unspecified atom stereocenters. The Labute approximate surface area is 142 Å². The van der Waals surface area contributed by atoms with E-state index in [0.717, 1.165) is 18.7 Å². The van der Waals surface area contributed by atoms with Gasteiger partial charge in [-0.15, -0.1) is 13.2 Å². The number of amides is 1. The van der Waals surface area contributed by atoms with Gasteiger partial charge in [-0.05, 0) is 30.2 Å². The molecule has 4 heteroatoms. The molecule has 0 spiro atoms. The Morgan fingerprint density at radius 2 is 1.92 bits per heavy atom. The zero-order valence-electron chi connectivity index (χ0n) is 13.7. The first-order chi connectivity index (χ1) is 11.8. The minimum Gasteiger partial charge on any atom is -0.331 e. The number of nitrogens with zero attached hydrogens (tertiary/aromatic N) is 3. The van der Waals surface area contributed by atoms with Crippen molar-refractivity contribution in [3.05, 3.63) is 79.0 Å². The highest BCUT2D eigenvalue weighted by atomic mass is 16.2. The van der Waals surface area contributed by atoms with Crippen molar-refractivity contribution in [2.24, 2.45) is 0 Å². The van der Waals surface area contributed by atoms with Gasteiger partial charge in [-0.25, -0.2) is 4.98 Å². The lowest BCUT2D eigenvalue weighted by Gasteiger charge is -2.24. The minimum atomic E-state index is -0.0534. The van der Waals surface area contributed by atoms with Gasteiger partial charge in [0.15, 0.2) is 0 Å². The summed E-state index contributed by atoms with van der Waals surface area (Å²) >= 11 is 0. The molecule has 24 heavy (non-hydrogen) atoms. The molecule has 0 bridgehead atoms. The molecule has 1 aromatic heterocycles. The predicted octanol–water partition coefficient (Wildman–Crippen LogP) is 3.59. The van der Waals surface area contributed by atoms with Crippen LogP contribution in [-0.2, 0) is 6.42 Å². The normalized spacial score (nSPS) is 12.6. The number of para-hydroxylation sites is 1. The molecule has 1 aliphatic heterocycles. The Balaban J connectivity index is 1.98. The summed E-state index contributed by atoms with van der Waals surface area (Å²) in [4.78, 5) is 21.3. The second kappa shape index (κ2) is 7.13. The van der Waals surface area contributed by atoms with Gasteiger partial charge in [0.25, 0.3) is 5.91 Å². The summed E-state index contributed by atoms with van der Waals surface area (Å²) in [6.45, 7) is 9.27. The fourth-order valence-corrected chi connectivity index (χ4v) is 3.06. The Bertz CT molecular complexity index is 759. The van der Waals surface area contributed by atoms with Crippen molar-refractivity contribution in [3.8, 4) is 0 Å². The van der Waals surface area contributed by atoms with E-state index in [4.69, 9.17) is 0 Å². The number of benzene rings is 1. The number of aromatic nitrogens is 1. The number of anilines is 2. The molecule has 4 nitrogen and oxygen atoms in total. The monoisotopic (exact) mass is 319 g/mol. The van der Waals surface area contributed by atoms with Crippen molar-refractivity contribution >= 4 is 17.4 Å². The van der Waals surface area contributed by atoms with Crippen LogP contribution in [-0.4, -0.2) is 35.4 Å². The van der Waals surface area contributed by atoms with Crippen molar-refractivity contribution in [2.45, 2.75) is 6.42 Å². The number of pyridine rings is 1. The van der Waals surface area contributed by atoms with Crippen LogP contribution < -0.4 is 4.90 Å². The van der Waals surface area contributed by atoms with Crippen LogP contribution in [0, 0.1) is 0 Å². The van der Waals surface area contributed by atoms with E-state index in [0.29, 0.717) is 24.5 Å². The SMILES string of the molecule is C=CCN(CC=C)C(=O)c1cccnc1N1CCc2ccccc21. The predicted molar refractivity (Wildman–Crippen MR) is 97.7 cm³/mol. The summed E-state index contributed by atoms with van der Waals surface area (Å²) in [5.41, 5.74) is 3.03. The molecule has 0 atom stereocenters. The third kappa shape index (κ3) is 2.95. The first-order valence-corrected chi connectivity index (χ1v) is 8.07. The smallest absolute Gasteiger partial charge is 0.258 e. The van der Waals surface area contributed by atoms with E-state index in [1.807, 2.05) is 18.2 Å². The van der Waals surface area contributed by atoms with Crippen LogP contribution in [0.2, 0.25) is 0 Å². The zero-order valence-corrected chi connectivity index (χ0v) is 13.7. The first-order valence-electron chi connectivity index (χ1n) is 8.07. The molecule has 1 aliphatic rings. The van der Waals surface area contributed by atoms with Crippen molar-refractivity contribution in [1.29, 1.82) is 0 Å². The van der Waals surface area contributed by atoms with Crippen LogP contribution in [0.3, 0.4) is 0 Å². The molecular weight excluding hydrogens is 298 g/mol. The van der Waals surface area contributed by atoms with Gasteiger partial charge >= 0.3 is 0 Å². The highest BCUT2D eigenvalue weighted by molar-refractivity contribution is 6.00. The van der Waals surface area contributed by atoms with Gasteiger partial charge in [0.2, 0.25) is 0 Å². The van der Waals surface area contributed by atoms with Crippen LogP contribution in [0.15, 0.2) is 67.9 Å². The maximum absolute atomic E-state index is 13.0. The number of carbonyl (C=O) groups excluding carboxylic acids is 1. The van der Waals surface area contributed by atoms with Crippen molar-refractivity contribution in [1.82, 2.24) is 9.88 Å². The van der Waals surface area contributed by atoms with Gasteiger partial charge in [-0.3, -0.25) is 4.79 Å². The molecule has 0 saturated carbocycles. The standard InChI is InChI=1S/C20H21N3O/c1-3-13-22(14-4-2)20(24)17-9-7-12-21-19(17)23-15-11-16-8-5-6-10-18(16)23/h3-10,12H,1-2,11,13-15H2. The molecule has 2 heterocycles. The molecule has 0 N–H and O–H groups in total. The molecule has 2 aromatic rings. The van der Waals surface area contributed by atoms with Crippen molar-refractivity contribution in [3.63, 3.8) is 0 Å². The number of hydrogen-bond donors (Lipinski definition) is 0. The number of hydrogen-bond acceptors (Lipinski definition) is 3. The van der Waals surface area contributed by atoms with Gasteiger partial charge in [0, 0.05) is 31.5 Å². The fraction of sp³-hybridized carbons (Fsp3) is 0.200. The molecule has 3 rings (SSSR count). The van der Waals surface area contributed by atoms with Gasteiger partial charge < -0.3 is 9.80 Å². The molecule has 1 amide bonds. The lowest BCUT2D eigenvalue weighted by atomic mass is 10.1. The number of fused-ring (bicyclic) bond motifs is 1. The molecule has 0 radical (unpaired) electrons. The third-order valence-electron chi connectivity index (χ3n) is 4.15. The lowest BCUT2D eigenvalue weighted by Crippen LogP contribution is -2.33. The van der Waals surface area contributed by atoms with Gasteiger partial charge in [-0.1, -0.05) is 30.4 Å². The molecular formula is C20H21N3O. The van der Waals surface area contributed by atoms with E-state index in [9.17, 15) is 4.79 Å².